The smallest absolute Gasteiger partial charge is 0.227 e. The van der Waals surface area contributed by atoms with Crippen LogP contribution in [0.5, 0.6) is 0 Å². The van der Waals surface area contributed by atoms with Gasteiger partial charge in [-0.15, -0.1) is 0 Å². The maximum absolute atomic E-state index is 11.6. The summed E-state index contributed by atoms with van der Waals surface area (Å²) in [6.07, 6.45) is 0.739. The predicted molar refractivity (Wildman–Crippen MR) is 69.6 cm³/mol. The van der Waals surface area contributed by atoms with Gasteiger partial charge in [0.2, 0.25) is 5.91 Å². The van der Waals surface area contributed by atoms with Crippen LogP contribution >= 0.6 is 0 Å². The molecule has 1 saturated heterocycles. The quantitative estimate of drug-likeness (QED) is 0.714. The van der Waals surface area contributed by atoms with Crippen molar-refractivity contribution < 1.29 is 15.0 Å². The fourth-order valence-electron chi connectivity index (χ4n) is 2.01. The second kappa shape index (κ2) is 5.84. The third kappa shape index (κ3) is 3.00. The zero-order chi connectivity index (χ0) is 13.0. The number of rotatable bonds is 5. The van der Waals surface area contributed by atoms with Gasteiger partial charge in [0.15, 0.2) is 0 Å². The summed E-state index contributed by atoms with van der Waals surface area (Å²) in [6, 6.07) is 7.52. The lowest BCUT2D eigenvalue weighted by atomic mass is 10.2. The summed E-state index contributed by atoms with van der Waals surface area (Å²) in [6.45, 7) is 0.784. The number of aliphatic hydroxyl groups excluding tert-OH is 2. The molecule has 1 heterocycles. The highest BCUT2D eigenvalue weighted by atomic mass is 16.3. The number of carbonyl (C=O) groups excluding carboxylic acids is 1. The van der Waals surface area contributed by atoms with Crippen molar-refractivity contribution in [2.75, 3.05) is 29.9 Å². The number of anilines is 2. The molecule has 2 rings (SSSR count). The Hall–Kier alpha value is -1.59. The van der Waals surface area contributed by atoms with E-state index in [0.29, 0.717) is 6.42 Å². The molecule has 0 saturated carbocycles. The van der Waals surface area contributed by atoms with Crippen LogP contribution in [0.2, 0.25) is 0 Å². The Labute approximate surface area is 106 Å². The van der Waals surface area contributed by atoms with Crippen molar-refractivity contribution in [1.82, 2.24) is 0 Å². The maximum atomic E-state index is 11.6. The fraction of sp³-hybridized carbons (Fsp3) is 0.462. The summed E-state index contributed by atoms with van der Waals surface area (Å²) < 4.78 is 0. The lowest BCUT2D eigenvalue weighted by molar-refractivity contribution is -0.117. The van der Waals surface area contributed by atoms with Gasteiger partial charge >= 0.3 is 0 Å². The maximum Gasteiger partial charge on any atom is 0.227 e. The summed E-state index contributed by atoms with van der Waals surface area (Å²) in [5.41, 5.74) is 1.71. The Morgan fingerprint density at radius 2 is 2.28 bits per heavy atom. The minimum atomic E-state index is -0.776. The van der Waals surface area contributed by atoms with E-state index in [4.69, 9.17) is 5.11 Å². The van der Waals surface area contributed by atoms with Crippen LogP contribution in [-0.4, -0.2) is 41.9 Å². The number of hydrogen-bond donors (Lipinski definition) is 3. The number of benzene rings is 1. The Morgan fingerprint density at radius 3 is 2.94 bits per heavy atom. The molecule has 1 aliphatic heterocycles. The SMILES string of the molecule is O=C1CCCN1c1cccc(NCC(O)CO)c1. The average molecular weight is 250 g/mol. The standard InChI is InChI=1S/C13H18N2O3/c16-9-12(17)8-14-10-3-1-4-11(7-10)15-6-2-5-13(15)18/h1,3-4,7,12,14,16-17H,2,5-6,8-9H2. The average Bonchev–Trinajstić information content (AvgIpc) is 2.82. The van der Waals surface area contributed by atoms with Crippen LogP contribution in [0.25, 0.3) is 0 Å². The molecule has 1 aromatic rings. The van der Waals surface area contributed by atoms with Crippen molar-refractivity contribution in [1.29, 1.82) is 0 Å². The monoisotopic (exact) mass is 250 g/mol. The lowest BCUT2D eigenvalue weighted by Crippen LogP contribution is -2.24. The van der Waals surface area contributed by atoms with E-state index in [0.717, 1.165) is 24.3 Å². The van der Waals surface area contributed by atoms with Gasteiger partial charge < -0.3 is 20.4 Å². The molecule has 1 aromatic carbocycles. The van der Waals surface area contributed by atoms with Crippen LogP contribution in [-0.2, 0) is 4.79 Å². The van der Waals surface area contributed by atoms with Crippen LogP contribution < -0.4 is 10.2 Å². The van der Waals surface area contributed by atoms with Crippen LogP contribution in [0, 0.1) is 0 Å². The van der Waals surface area contributed by atoms with Crippen LogP contribution in [0.1, 0.15) is 12.8 Å². The highest BCUT2D eigenvalue weighted by Crippen LogP contribution is 2.24. The zero-order valence-electron chi connectivity index (χ0n) is 10.2. The van der Waals surface area contributed by atoms with E-state index in [-0.39, 0.29) is 19.1 Å². The molecule has 0 radical (unpaired) electrons. The molecule has 1 amide bonds. The Balaban J connectivity index is 2.03. The van der Waals surface area contributed by atoms with Gasteiger partial charge in [0.05, 0.1) is 12.7 Å². The summed E-state index contributed by atoms with van der Waals surface area (Å²) >= 11 is 0. The van der Waals surface area contributed by atoms with Gasteiger partial charge in [0.1, 0.15) is 0 Å². The molecule has 0 aromatic heterocycles. The second-order valence-corrected chi connectivity index (χ2v) is 4.42. The summed E-state index contributed by atoms with van der Waals surface area (Å²) in [5.74, 6) is 0.155. The summed E-state index contributed by atoms with van der Waals surface area (Å²) in [7, 11) is 0. The number of nitrogens with zero attached hydrogens (tertiary/aromatic N) is 1. The van der Waals surface area contributed by atoms with Crippen molar-refractivity contribution in [3.8, 4) is 0 Å². The first kappa shape index (κ1) is 12.9. The fourth-order valence-corrected chi connectivity index (χ4v) is 2.01. The largest absolute Gasteiger partial charge is 0.394 e. The zero-order valence-corrected chi connectivity index (χ0v) is 10.2. The number of carbonyl (C=O) groups is 1. The topological polar surface area (TPSA) is 72.8 Å². The predicted octanol–water partition coefficient (Wildman–Crippen LogP) is 0.578. The molecule has 0 spiro atoms. The number of amides is 1. The van der Waals surface area contributed by atoms with E-state index in [1.165, 1.54) is 0 Å². The van der Waals surface area contributed by atoms with Gasteiger partial charge in [0.25, 0.3) is 0 Å². The van der Waals surface area contributed by atoms with Gasteiger partial charge in [-0.05, 0) is 24.6 Å². The molecule has 1 aliphatic rings. The number of hydrogen-bond acceptors (Lipinski definition) is 4. The van der Waals surface area contributed by atoms with E-state index in [1.807, 2.05) is 24.3 Å². The molecule has 1 atom stereocenters. The molecule has 98 valence electrons. The van der Waals surface area contributed by atoms with Gasteiger partial charge in [-0.2, -0.15) is 0 Å². The van der Waals surface area contributed by atoms with Crippen LogP contribution in [0.15, 0.2) is 24.3 Å². The second-order valence-electron chi connectivity index (χ2n) is 4.42. The molecule has 5 heteroatoms. The number of nitrogens with one attached hydrogen (secondary N) is 1. The minimum Gasteiger partial charge on any atom is -0.394 e. The lowest BCUT2D eigenvalue weighted by Gasteiger charge is -2.17. The van der Waals surface area contributed by atoms with E-state index in [9.17, 15) is 9.90 Å². The molecule has 1 unspecified atom stereocenters. The third-order valence-corrected chi connectivity index (χ3v) is 2.98. The molecule has 1 fully saturated rings. The molecular weight excluding hydrogens is 232 g/mol. The van der Waals surface area contributed by atoms with Crippen LogP contribution in [0.4, 0.5) is 11.4 Å². The van der Waals surface area contributed by atoms with Gasteiger partial charge in [-0.1, -0.05) is 6.07 Å². The van der Waals surface area contributed by atoms with E-state index in [1.54, 1.807) is 4.90 Å². The molecule has 0 bridgehead atoms. The first-order chi connectivity index (χ1) is 8.70. The summed E-state index contributed by atoms with van der Waals surface area (Å²) in [4.78, 5) is 13.4. The Bertz CT molecular complexity index is 422. The highest BCUT2D eigenvalue weighted by molar-refractivity contribution is 5.95. The Morgan fingerprint density at radius 1 is 1.44 bits per heavy atom. The van der Waals surface area contributed by atoms with E-state index < -0.39 is 6.10 Å². The summed E-state index contributed by atoms with van der Waals surface area (Å²) in [5, 5.41) is 21.0. The molecule has 18 heavy (non-hydrogen) atoms. The molecule has 3 N–H and O–H groups in total. The minimum absolute atomic E-state index is 0.155. The Kier molecular flexibility index (Phi) is 4.17. The molecule has 0 aliphatic carbocycles. The van der Waals surface area contributed by atoms with Crippen molar-refractivity contribution >= 4 is 17.3 Å². The van der Waals surface area contributed by atoms with Gasteiger partial charge in [-0.25, -0.2) is 0 Å². The van der Waals surface area contributed by atoms with Crippen molar-refractivity contribution in [3.63, 3.8) is 0 Å². The third-order valence-electron chi connectivity index (χ3n) is 2.98. The highest BCUT2D eigenvalue weighted by Gasteiger charge is 2.21. The van der Waals surface area contributed by atoms with Crippen LogP contribution in [0.3, 0.4) is 0 Å². The number of aliphatic hydroxyl groups is 2. The van der Waals surface area contributed by atoms with Gasteiger partial charge in [0, 0.05) is 30.9 Å². The van der Waals surface area contributed by atoms with Crippen molar-refractivity contribution in [2.24, 2.45) is 0 Å². The first-order valence-electron chi connectivity index (χ1n) is 6.14. The van der Waals surface area contributed by atoms with Crippen molar-refractivity contribution in [3.05, 3.63) is 24.3 Å². The first-order valence-corrected chi connectivity index (χ1v) is 6.14. The molecular formula is C13H18N2O3. The molecule has 5 nitrogen and oxygen atoms in total. The normalized spacial score (nSPS) is 17.0. The van der Waals surface area contributed by atoms with Crippen molar-refractivity contribution in [2.45, 2.75) is 18.9 Å². The van der Waals surface area contributed by atoms with E-state index >= 15 is 0 Å². The van der Waals surface area contributed by atoms with E-state index in [2.05, 4.69) is 5.32 Å². The van der Waals surface area contributed by atoms with Gasteiger partial charge in [-0.3, -0.25) is 4.79 Å².